The van der Waals surface area contributed by atoms with Gasteiger partial charge in [0.25, 0.3) is 5.91 Å². The number of phenolic OH excluding ortho intramolecular Hbond substituents is 1. The average Bonchev–Trinajstić information content (AvgIpc) is 3.01. The summed E-state index contributed by atoms with van der Waals surface area (Å²) >= 11 is 6.00. The molecule has 0 bridgehead atoms. The van der Waals surface area contributed by atoms with Gasteiger partial charge in [-0.2, -0.15) is 0 Å². The van der Waals surface area contributed by atoms with E-state index in [1.807, 2.05) is 0 Å². The summed E-state index contributed by atoms with van der Waals surface area (Å²) in [6.45, 7) is 3.01. The highest BCUT2D eigenvalue weighted by Gasteiger charge is 2.29. The number of hydrogen-bond acceptors (Lipinski definition) is 4. The molecular weight excluding hydrogens is 427 g/mol. The van der Waals surface area contributed by atoms with Crippen molar-refractivity contribution in [2.75, 3.05) is 6.54 Å². The van der Waals surface area contributed by atoms with E-state index in [-0.39, 0.29) is 35.0 Å². The number of hydrogen-bond donors (Lipinski definition) is 3. The maximum atomic E-state index is 15.0. The number of carbonyl (C=O) groups is 3. The number of fused-ring (bicyclic) bond motifs is 1. The van der Waals surface area contributed by atoms with Crippen LogP contribution in [0.15, 0.2) is 36.4 Å². The molecule has 1 amide bonds. The minimum atomic E-state index is -1.07. The van der Waals surface area contributed by atoms with Crippen LogP contribution in [0.4, 0.5) is 4.39 Å². The van der Waals surface area contributed by atoms with Crippen molar-refractivity contribution < 1.29 is 29.0 Å². The second-order valence-corrected chi connectivity index (χ2v) is 7.54. The van der Waals surface area contributed by atoms with Gasteiger partial charge < -0.3 is 15.5 Å². The first-order valence-corrected chi connectivity index (χ1v) is 9.83. The molecule has 1 heterocycles. The van der Waals surface area contributed by atoms with Gasteiger partial charge in [-0.3, -0.25) is 19.0 Å². The summed E-state index contributed by atoms with van der Waals surface area (Å²) in [5.74, 6) is -4.54. The van der Waals surface area contributed by atoms with Gasteiger partial charge in [-0.05, 0) is 49.7 Å². The van der Waals surface area contributed by atoms with Crippen LogP contribution >= 0.6 is 11.6 Å². The first kappa shape index (κ1) is 22.3. The number of carboxylic acids is 1. The molecule has 31 heavy (non-hydrogen) atoms. The third-order valence-electron chi connectivity index (χ3n) is 5.07. The van der Waals surface area contributed by atoms with Gasteiger partial charge in [0, 0.05) is 28.2 Å². The van der Waals surface area contributed by atoms with E-state index in [0.717, 1.165) is 6.07 Å². The second-order valence-electron chi connectivity index (χ2n) is 7.10. The first-order valence-electron chi connectivity index (χ1n) is 9.45. The number of nitrogens with one attached hydrogen (secondary N) is 1. The molecule has 2 aromatic carbocycles. The maximum absolute atomic E-state index is 15.0. The van der Waals surface area contributed by atoms with Crippen LogP contribution in [0.1, 0.15) is 40.9 Å². The summed E-state index contributed by atoms with van der Waals surface area (Å²) in [6, 6.07) is 8.82. The Balaban J connectivity index is 2.15. The predicted octanol–water partition coefficient (Wildman–Crippen LogP) is 3.83. The number of aliphatic carboxylic acids is 1. The van der Waals surface area contributed by atoms with Gasteiger partial charge in [-0.25, -0.2) is 4.39 Å². The Morgan fingerprint density at radius 2 is 1.94 bits per heavy atom. The van der Waals surface area contributed by atoms with E-state index in [9.17, 15) is 23.9 Å². The third-order valence-corrected chi connectivity index (χ3v) is 5.31. The highest BCUT2D eigenvalue weighted by atomic mass is 35.5. The van der Waals surface area contributed by atoms with E-state index < -0.39 is 35.3 Å². The van der Waals surface area contributed by atoms with Crippen LogP contribution < -0.4 is 5.32 Å². The molecule has 0 radical (unpaired) electrons. The largest absolute Gasteiger partial charge is 0.505 e. The van der Waals surface area contributed by atoms with Crippen molar-refractivity contribution in [1.29, 1.82) is 0 Å². The number of aromatic nitrogens is 1. The van der Waals surface area contributed by atoms with E-state index >= 15 is 0 Å². The van der Waals surface area contributed by atoms with Crippen LogP contribution in [-0.2, 0) is 9.59 Å². The van der Waals surface area contributed by atoms with E-state index in [2.05, 4.69) is 5.32 Å². The third kappa shape index (κ3) is 4.25. The minimum Gasteiger partial charge on any atom is -0.505 e. The van der Waals surface area contributed by atoms with Crippen molar-refractivity contribution >= 4 is 40.3 Å². The summed E-state index contributed by atoms with van der Waals surface area (Å²) in [7, 11) is 0. The zero-order valence-electron chi connectivity index (χ0n) is 16.8. The highest BCUT2D eigenvalue weighted by molar-refractivity contribution is 6.31. The molecule has 1 atom stereocenters. The molecule has 0 spiro atoms. The lowest BCUT2D eigenvalue weighted by molar-refractivity contribution is -0.136. The molecule has 3 aromatic rings. The maximum Gasteiger partial charge on any atom is 0.305 e. The Bertz CT molecular complexity index is 1200. The van der Waals surface area contributed by atoms with E-state index in [4.69, 9.17) is 16.7 Å². The van der Waals surface area contributed by atoms with Crippen LogP contribution in [0.5, 0.6) is 5.75 Å². The monoisotopic (exact) mass is 446 g/mol. The van der Waals surface area contributed by atoms with Crippen LogP contribution in [0.3, 0.4) is 0 Å². The fourth-order valence-corrected chi connectivity index (χ4v) is 3.79. The van der Waals surface area contributed by atoms with Crippen LogP contribution in [-0.4, -0.2) is 39.1 Å². The fourth-order valence-electron chi connectivity index (χ4n) is 3.60. The summed E-state index contributed by atoms with van der Waals surface area (Å²) in [4.78, 5) is 36.5. The lowest BCUT2D eigenvalue weighted by atomic mass is 9.96. The summed E-state index contributed by atoms with van der Waals surface area (Å²) in [5, 5.41) is 21.5. The van der Waals surface area contributed by atoms with Crippen molar-refractivity contribution in [3.63, 3.8) is 0 Å². The Morgan fingerprint density at radius 1 is 1.23 bits per heavy atom. The van der Waals surface area contributed by atoms with Crippen molar-refractivity contribution in [2.24, 2.45) is 0 Å². The molecule has 0 saturated carbocycles. The number of aromatic hydroxyl groups is 1. The molecule has 9 heteroatoms. The number of phenols is 1. The van der Waals surface area contributed by atoms with Crippen molar-refractivity contribution in [3.8, 4) is 5.75 Å². The number of carbonyl (C=O) groups excluding carboxylic acids is 2. The van der Waals surface area contributed by atoms with Crippen LogP contribution in [0.25, 0.3) is 10.9 Å². The zero-order chi connectivity index (χ0) is 22.9. The lowest BCUT2D eigenvalue weighted by Crippen LogP contribution is -2.30. The molecule has 3 rings (SSSR count). The molecule has 7 nitrogen and oxygen atoms in total. The molecule has 0 unspecified atom stereocenters. The molecule has 0 fully saturated rings. The number of carboxylic acid groups (broad SMARTS) is 1. The second kappa shape index (κ2) is 8.77. The Hall–Kier alpha value is -3.39. The predicted molar refractivity (Wildman–Crippen MR) is 113 cm³/mol. The number of rotatable bonds is 6. The molecule has 3 N–H and O–H groups in total. The van der Waals surface area contributed by atoms with E-state index in [0.29, 0.717) is 10.7 Å². The number of halogens is 2. The SMILES string of the molecule is Cc1c([C@H](C)C(=O)NCCC(=O)O)c2c(F)c(O)ccc2n1C(=O)c1cccc(Cl)c1. The summed E-state index contributed by atoms with van der Waals surface area (Å²) in [5.41, 5.74) is 1.01. The lowest BCUT2D eigenvalue weighted by Gasteiger charge is -2.13. The Morgan fingerprint density at radius 3 is 2.58 bits per heavy atom. The first-order chi connectivity index (χ1) is 14.6. The molecule has 0 saturated heterocycles. The van der Waals surface area contributed by atoms with Gasteiger partial charge in [-0.15, -0.1) is 0 Å². The van der Waals surface area contributed by atoms with Gasteiger partial charge in [0.05, 0.1) is 17.9 Å². The molecule has 1 aromatic heterocycles. The summed E-state index contributed by atoms with van der Waals surface area (Å²) < 4.78 is 16.2. The number of amides is 1. The van der Waals surface area contributed by atoms with E-state index in [1.165, 1.54) is 23.6 Å². The molecular formula is C22H20ClFN2O5. The van der Waals surface area contributed by atoms with Gasteiger partial charge in [0.15, 0.2) is 11.6 Å². The Kier molecular flexibility index (Phi) is 6.31. The highest BCUT2D eigenvalue weighted by Crippen LogP contribution is 2.37. The van der Waals surface area contributed by atoms with Crippen molar-refractivity contribution in [1.82, 2.24) is 9.88 Å². The van der Waals surface area contributed by atoms with Crippen LogP contribution in [0.2, 0.25) is 5.02 Å². The van der Waals surface area contributed by atoms with E-state index in [1.54, 1.807) is 25.1 Å². The quantitative estimate of drug-likeness (QED) is 0.533. The van der Waals surface area contributed by atoms with Gasteiger partial charge in [0.1, 0.15) is 0 Å². The number of nitrogens with zero attached hydrogens (tertiary/aromatic N) is 1. The zero-order valence-corrected chi connectivity index (χ0v) is 17.5. The normalized spacial score (nSPS) is 12.0. The standard InChI is InChI=1S/C22H20ClFN2O5/c1-11(21(30)25-9-8-17(28)29)18-12(2)26(15-6-7-16(27)20(24)19(15)18)22(31)13-4-3-5-14(23)10-13/h3-7,10-11,27H,8-9H2,1-2H3,(H,25,30)(H,28,29)/t11-/m0/s1. The minimum absolute atomic E-state index is 0.0474. The summed E-state index contributed by atoms with van der Waals surface area (Å²) in [6.07, 6.45) is -0.262. The molecule has 0 aliphatic carbocycles. The fraction of sp³-hybridized carbons (Fsp3) is 0.227. The van der Waals surface area contributed by atoms with Crippen molar-refractivity contribution in [3.05, 3.63) is 64.1 Å². The smallest absolute Gasteiger partial charge is 0.305 e. The number of benzene rings is 2. The van der Waals surface area contributed by atoms with Crippen LogP contribution in [0, 0.1) is 12.7 Å². The topological polar surface area (TPSA) is 109 Å². The molecule has 0 aliphatic rings. The Labute approximate surface area is 182 Å². The van der Waals surface area contributed by atoms with Gasteiger partial charge in [-0.1, -0.05) is 17.7 Å². The molecule has 162 valence electrons. The van der Waals surface area contributed by atoms with Gasteiger partial charge >= 0.3 is 5.97 Å². The molecule has 0 aliphatic heterocycles. The average molecular weight is 447 g/mol. The van der Waals surface area contributed by atoms with Gasteiger partial charge in [0.2, 0.25) is 5.91 Å². The van der Waals surface area contributed by atoms with Crippen molar-refractivity contribution in [2.45, 2.75) is 26.2 Å².